The molecule has 0 fully saturated rings. The molecule has 6 heteroatoms. The summed E-state index contributed by atoms with van der Waals surface area (Å²) in [5.74, 6) is 5.01. The molecule has 1 aromatic carbocycles. The van der Waals surface area contributed by atoms with Crippen LogP contribution in [0, 0.1) is 11.8 Å². The van der Waals surface area contributed by atoms with Crippen molar-refractivity contribution >= 4 is 17.6 Å². The van der Waals surface area contributed by atoms with Crippen LogP contribution in [0.1, 0.15) is 28.8 Å². The van der Waals surface area contributed by atoms with Crippen LogP contribution < -0.4 is 16.4 Å². The average molecular weight is 303 g/mol. The molecular weight excluding hydrogens is 282 g/mol. The van der Waals surface area contributed by atoms with E-state index in [1.165, 1.54) is 12.0 Å². The SMILES string of the molecule is COC(=O)c1ccc(N(C)C(=O)CCCN)cc1C#CCN. The Morgan fingerprint density at radius 2 is 2.05 bits per heavy atom. The first-order chi connectivity index (χ1) is 10.5. The molecule has 0 spiro atoms. The molecular formula is C16H21N3O3. The summed E-state index contributed by atoms with van der Waals surface area (Å²) >= 11 is 0. The molecule has 0 bridgehead atoms. The largest absolute Gasteiger partial charge is 0.465 e. The fourth-order valence-electron chi connectivity index (χ4n) is 1.84. The number of hydrogen-bond donors (Lipinski definition) is 2. The molecule has 0 saturated carbocycles. The van der Waals surface area contributed by atoms with Gasteiger partial charge in [-0.3, -0.25) is 4.79 Å². The minimum Gasteiger partial charge on any atom is -0.465 e. The summed E-state index contributed by atoms with van der Waals surface area (Å²) in [6, 6.07) is 4.95. The molecule has 118 valence electrons. The number of rotatable bonds is 5. The van der Waals surface area contributed by atoms with Crippen LogP contribution in [-0.4, -0.2) is 39.1 Å². The number of ether oxygens (including phenoxy) is 1. The Bertz CT molecular complexity index is 602. The lowest BCUT2D eigenvalue weighted by Gasteiger charge is -2.18. The fraction of sp³-hybridized carbons (Fsp3) is 0.375. The number of hydrogen-bond acceptors (Lipinski definition) is 5. The van der Waals surface area contributed by atoms with Crippen molar-refractivity contribution in [2.45, 2.75) is 12.8 Å². The van der Waals surface area contributed by atoms with E-state index in [1.807, 2.05) is 0 Å². The highest BCUT2D eigenvalue weighted by Crippen LogP contribution is 2.20. The van der Waals surface area contributed by atoms with Gasteiger partial charge >= 0.3 is 5.97 Å². The van der Waals surface area contributed by atoms with E-state index in [-0.39, 0.29) is 12.5 Å². The van der Waals surface area contributed by atoms with Crippen LogP contribution in [0.2, 0.25) is 0 Å². The third-order valence-electron chi connectivity index (χ3n) is 3.09. The number of anilines is 1. The second-order valence-corrected chi connectivity index (χ2v) is 4.57. The number of carbonyl (C=O) groups is 2. The van der Waals surface area contributed by atoms with Gasteiger partial charge in [0.05, 0.1) is 19.2 Å². The van der Waals surface area contributed by atoms with Crippen LogP contribution in [0.4, 0.5) is 5.69 Å². The van der Waals surface area contributed by atoms with Gasteiger partial charge in [0.2, 0.25) is 5.91 Å². The molecule has 1 rings (SSSR count). The zero-order valence-corrected chi connectivity index (χ0v) is 12.9. The maximum Gasteiger partial charge on any atom is 0.339 e. The van der Waals surface area contributed by atoms with Gasteiger partial charge in [0.15, 0.2) is 0 Å². The monoisotopic (exact) mass is 303 g/mol. The number of carbonyl (C=O) groups excluding carboxylic acids is 2. The summed E-state index contributed by atoms with van der Waals surface area (Å²) in [6.45, 7) is 0.643. The Balaban J connectivity index is 3.13. The first-order valence-electron chi connectivity index (χ1n) is 6.93. The molecule has 4 N–H and O–H groups in total. The summed E-state index contributed by atoms with van der Waals surface area (Å²) in [5, 5.41) is 0. The number of esters is 1. The predicted octanol–water partition coefficient (Wildman–Crippen LogP) is 0.485. The molecule has 0 saturated heterocycles. The third kappa shape index (κ3) is 4.58. The van der Waals surface area contributed by atoms with Gasteiger partial charge in [-0.05, 0) is 31.2 Å². The number of amides is 1. The second kappa shape index (κ2) is 8.82. The lowest BCUT2D eigenvalue weighted by molar-refractivity contribution is -0.118. The van der Waals surface area contributed by atoms with E-state index in [0.717, 1.165) is 0 Å². The molecule has 0 aliphatic carbocycles. The standard InChI is InChI=1S/C16H21N3O3/c1-19(15(20)6-4-10-18)13-7-8-14(16(21)22-2)12(11-13)5-3-9-17/h7-8,11H,4,6,9-10,17-18H2,1-2H3. The number of nitrogens with zero attached hydrogens (tertiary/aromatic N) is 1. The Morgan fingerprint density at radius 3 is 2.64 bits per heavy atom. The summed E-state index contributed by atoms with van der Waals surface area (Å²) in [4.78, 5) is 25.3. The zero-order chi connectivity index (χ0) is 16.5. The van der Waals surface area contributed by atoms with Gasteiger partial charge in [-0.2, -0.15) is 0 Å². The van der Waals surface area contributed by atoms with E-state index in [0.29, 0.717) is 36.2 Å². The van der Waals surface area contributed by atoms with Crippen LogP contribution in [0.15, 0.2) is 18.2 Å². The summed E-state index contributed by atoms with van der Waals surface area (Å²) in [6.07, 6.45) is 0.999. The molecule has 0 unspecified atom stereocenters. The minimum atomic E-state index is -0.481. The van der Waals surface area contributed by atoms with Crippen molar-refractivity contribution in [1.82, 2.24) is 0 Å². The summed E-state index contributed by atoms with van der Waals surface area (Å²) < 4.78 is 4.73. The maximum absolute atomic E-state index is 12.0. The van der Waals surface area contributed by atoms with E-state index in [9.17, 15) is 9.59 Å². The number of benzene rings is 1. The molecule has 22 heavy (non-hydrogen) atoms. The molecule has 6 nitrogen and oxygen atoms in total. The molecule has 0 atom stereocenters. The summed E-state index contributed by atoms with van der Waals surface area (Å²) in [7, 11) is 2.98. The zero-order valence-electron chi connectivity index (χ0n) is 12.9. The number of methoxy groups -OCH3 is 1. The number of nitrogens with two attached hydrogens (primary N) is 2. The van der Waals surface area contributed by atoms with E-state index < -0.39 is 5.97 Å². The van der Waals surface area contributed by atoms with Crippen LogP contribution in [-0.2, 0) is 9.53 Å². The third-order valence-corrected chi connectivity index (χ3v) is 3.09. The van der Waals surface area contributed by atoms with E-state index in [2.05, 4.69) is 11.8 Å². The van der Waals surface area contributed by atoms with E-state index >= 15 is 0 Å². The van der Waals surface area contributed by atoms with Crippen molar-refractivity contribution in [1.29, 1.82) is 0 Å². The van der Waals surface area contributed by atoms with Crippen molar-refractivity contribution in [3.8, 4) is 11.8 Å². The molecule has 0 radical (unpaired) electrons. The first kappa shape index (κ1) is 17.7. The quantitative estimate of drug-likeness (QED) is 0.609. The first-order valence-corrected chi connectivity index (χ1v) is 6.93. The Morgan fingerprint density at radius 1 is 1.32 bits per heavy atom. The molecule has 0 aliphatic rings. The topological polar surface area (TPSA) is 98.6 Å². The van der Waals surface area contributed by atoms with Crippen molar-refractivity contribution in [2.75, 3.05) is 32.1 Å². The van der Waals surface area contributed by atoms with Crippen molar-refractivity contribution in [2.24, 2.45) is 11.5 Å². The van der Waals surface area contributed by atoms with Gasteiger partial charge in [-0.15, -0.1) is 0 Å². The van der Waals surface area contributed by atoms with Crippen molar-refractivity contribution < 1.29 is 14.3 Å². The lowest BCUT2D eigenvalue weighted by atomic mass is 10.1. The summed E-state index contributed by atoms with van der Waals surface area (Å²) in [5.41, 5.74) is 12.3. The predicted molar refractivity (Wildman–Crippen MR) is 85.4 cm³/mol. The smallest absolute Gasteiger partial charge is 0.339 e. The molecule has 0 aliphatic heterocycles. The Labute approximate surface area is 130 Å². The Hall–Kier alpha value is -2.36. The van der Waals surface area contributed by atoms with Crippen molar-refractivity contribution in [3.05, 3.63) is 29.3 Å². The lowest BCUT2D eigenvalue weighted by Crippen LogP contribution is -2.26. The highest BCUT2D eigenvalue weighted by Gasteiger charge is 2.15. The van der Waals surface area contributed by atoms with Gasteiger partial charge in [-0.1, -0.05) is 11.8 Å². The molecule has 1 aromatic rings. The molecule has 0 aromatic heterocycles. The normalized spacial score (nSPS) is 9.64. The minimum absolute atomic E-state index is 0.0472. The van der Waals surface area contributed by atoms with Gasteiger partial charge in [-0.25, -0.2) is 4.79 Å². The van der Waals surface area contributed by atoms with Gasteiger partial charge in [0, 0.05) is 24.7 Å². The van der Waals surface area contributed by atoms with Gasteiger partial charge in [0.1, 0.15) is 0 Å². The maximum atomic E-state index is 12.0. The molecule has 0 heterocycles. The van der Waals surface area contributed by atoms with E-state index in [4.69, 9.17) is 16.2 Å². The average Bonchev–Trinajstić information content (AvgIpc) is 2.56. The highest BCUT2D eigenvalue weighted by atomic mass is 16.5. The van der Waals surface area contributed by atoms with Gasteiger partial charge < -0.3 is 21.1 Å². The second-order valence-electron chi connectivity index (χ2n) is 4.57. The van der Waals surface area contributed by atoms with E-state index in [1.54, 1.807) is 25.2 Å². The van der Waals surface area contributed by atoms with Gasteiger partial charge in [0.25, 0.3) is 0 Å². The van der Waals surface area contributed by atoms with Crippen LogP contribution in [0.3, 0.4) is 0 Å². The van der Waals surface area contributed by atoms with Crippen LogP contribution >= 0.6 is 0 Å². The van der Waals surface area contributed by atoms with Crippen molar-refractivity contribution in [3.63, 3.8) is 0 Å². The van der Waals surface area contributed by atoms with Crippen LogP contribution in [0.5, 0.6) is 0 Å². The molecule has 1 amide bonds. The highest BCUT2D eigenvalue weighted by molar-refractivity contribution is 5.96. The fourth-order valence-corrected chi connectivity index (χ4v) is 1.84. The Kier molecular flexibility index (Phi) is 7.09. The van der Waals surface area contributed by atoms with Crippen LogP contribution in [0.25, 0.3) is 0 Å².